The fourth-order valence-electron chi connectivity index (χ4n) is 3.04. The van der Waals surface area contributed by atoms with Gasteiger partial charge in [-0.1, -0.05) is 18.7 Å². The molecule has 0 saturated heterocycles. The molecule has 2 aromatic carbocycles. The fourth-order valence-corrected chi connectivity index (χ4v) is 3.04. The minimum absolute atomic E-state index is 0.214. The van der Waals surface area contributed by atoms with Crippen LogP contribution in [-0.4, -0.2) is 20.5 Å². The third kappa shape index (κ3) is 3.87. The van der Waals surface area contributed by atoms with Crippen molar-refractivity contribution in [2.24, 2.45) is 5.84 Å². The lowest BCUT2D eigenvalue weighted by Gasteiger charge is -2.14. The summed E-state index contributed by atoms with van der Waals surface area (Å²) in [7, 11) is 0. The summed E-state index contributed by atoms with van der Waals surface area (Å²) in [6.45, 7) is 3.88. The molecular weight excluding hydrogens is 381 g/mol. The maximum Gasteiger partial charge on any atom is 0.188 e. The zero-order valence-electron chi connectivity index (χ0n) is 15.9. The Morgan fingerprint density at radius 2 is 1.97 bits per heavy atom. The van der Waals surface area contributed by atoms with Crippen molar-refractivity contribution >= 4 is 27.8 Å². The highest BCUT2D eigenvalue weighted by molar-refractivity contribution is 6.25. The summed E-state index contributed by atoms with van der Waals surface area (Å²) in [6.07, 6.45) is 7.81. The second-order valence-electron chi connectivity index (χ2n) is 6.58. The number of ketones is 1. The van der Waals surface area contributed by atoms with Crippen molar-refractivity contribution in [3.63, 3.8) is 0 Å². The molecule has 0 aliphatic heterocycles. The van der Waals surface area contributed by atoms with Gasteiger partial charge in [0, 0.05) is 35.6 Å². The molecule has 4 rings (SSSR count). The van der Waals surface area contributed by atoms with E-state index in [1.54, 1.807) is 30.6 Å². The molecule has 2 aromatic heterocycles. The second kappa shape index (κ2) is 8.10. The van der Waals surface area contributed by atoms with E-state index in [1.807, 2.05) is 24.3 Å². The van der Waals surface area contributed by atoms with Crippen molar-refractivity contribution in [3.8, 4) is 5.69 Å². The normalized spacial score (nSPS) is 11.1. The van der Waals surface area contributed by atoms with Gasteiger partial charge >= 0.3 is 0 Å². The van der Waals surface area contributed by atoms with Gasteiger partial charge in [0.15, 0.2) is 5.78 Å². The van der Waals surface area contributed by atoms with E-state index < -0.39 is 5.82 Å². The molecule has 2 N–H and O–H groups in total. The van der Waals surface area contributed by atoms with Crippen molar-refractivity contribution in [2.45, 2.75) is 0 Å². The number of rotatable bonds is 6. The van der Waals surface area contributed by atoms with Crippen LogP contribution in [0.25, 0.3) is 22.0 Å². The van der Waals surface area contributed by atoms with Crippen LogP contribution in [0.1, 0.15) is 5.69 Å². The molecule has 2 heterocycles. The first kappa shape index (κ1) is 19.2. The number of nitrogens with zero attached hydrogens (tertiary/aromatic N) is 4. The van der Waals surface area contributed by atoms with Gasteiger partial charge in [0.05, 0.1) is 23.3 Å². The molecule has 148 valence electrons. The maximum absolute atomic E-state index is 13.6. The molecule has 0 saturated carbocycles. The lowest BCUT2D eigenvalue weighted by molar-refractivity contribution is -0.109. The van der Waals surface area contributed by atoms with Crippen LogP contribution in [0, 0.1) is 5.82 Å². The summed E-state index contributed by atoms with van der Waals surface area (Å²) in [6, 6.07) is 15.1. The number of halogens is 1. The van der Waals surface area contributed by atoms with E-state index in [1.165, 1.54) is 40.3 Å². The number of hydrogen-bond acceptors (Lipinski definition) is 5. The van der Waals surface area contributed by atoms with Crippen molar-refractivity contribution in [3.05, 3.63) is 104 Å². The summed E-state index contributed by atoms with van der Waals surface area (Å²) in [5, 5.41) is 7.51. The van der Waals surface area contributed by atoms with Gasteiger partial charge in [-0.3, -0.25) is 14.8 Å². The number of carbonyl (C=O) groups excluding carboxylic acids is 1. The Kier molecular flexibility index (Phi) is 5.19. The largest absolute Gasteiger partial charge is 0.289 e. The van der Waals surface area contributed by atoms with Crippen molar-refractivity contribution in [1.29, 1.82) is 0 Å². The molecule has 4 aromatic rings. The van der Waals surface area contributed by atoms with E-state index in [4.69, 9.17) is 5.84 Å². The molecule has 0 aliphatic carbocycles. The predicted molar refractivity (Wildman–Crippen MR) is 115 cm³/mol. The highest BCUT2D eigenvalue weighted by atomic mass is 19.1. The standard InChI is InChI=1S/C23H18FN5O/c1-16(22-8-11-27-29(22)21-4-2-3-19(24)14-21)23(30)9-12-28(25)20-6-5-18-15-26-10-7-17(18)13-20/h2-15H,1,25H2/b12-9-. The molecule has 30 heavy (non-hydrogen) atoms. The molecule has 0 fully saturated rings. The van der Waals surface area contributed by atoms with Gasteiger partial charge in [-0.05, 0) is 47.9 Å². The van der Waals surface area contributed by atoms with Crippen LogP contribution in [0.2, 0.25) is 0 Å². The van der Waals surface area contributed by atoms with Gasteiger partial charge in [-0.2, -0.15) is 5.10 Å². The first-order chi connectivity index (χ1) is 14.5. The first-order valence-electron chi connectivity index (χ1n) is 9.12. The van der Waals surface area contributed by atoms with Crippen LogP contribution in [-0.2, 0) is 4.79 Å². The smallest absolute Gasteiger partial charge is 0.188 e. The molecule has 7 heteroatoms. The number of nitrogens with two attached hydrogens (primary N) is 1. The van der Waals surface area contributed by atoms with Gasteiger partial charge in [0.2, 0.25) is 0 Å². The average molecular weight is 399 g/mol. The number of anilines is 1. The predicted octanol–water partition coefficient (Wildman–Crippen LogP) is 4.04. The van der Waals surface area contributed by atoms with Crippen LogP contribution < -0.4 is 10.9 Å². The molecule has 0 aliphatic rings. The van der Waals surface area contributed by atoms with E-state index in [0.717, 1.165) is 10.8 Å². The topological polar surface area (TPSA) is 77.0 Å². The molecule has 0 amide bonds. The van der Waals surface area contributed by atoms with Gasteiger partial charge < -0.3 is 0 Å². The van der Waals surface area contributed by atoms with Gasteiger partial charge in [0.25, 0.3) is 0 Å². The van der Waals surface area contributed by atoms with E-state index in [2.05, 4.69) is 16.7 Å². The summed E-state index contributed by atoms with van der Waals surface area (Å²) in [5.74, 6) is 5.35. The number of carbonyl (C=O) groups is 1. The summed E-state index contributed by atoms with van der Waals surface area (Å²) in [5.41, 5.74) is 1.90. The van der Waals surface area contributed by atoms with Crippen molar-refractivity contribution < 1.29 is 9.18 Å². The second-order valence-corrected chi connectivity index (χ2v) is 6.58. The van der Waals surface area contributed by atoms with Crippen LogP contribution in [0.4, 0.5) is 10.1 Å². The Morgan fingerprint density at radius 3 is 2.80 bits per heavy atom. The highest BCUT2D eigenvalue weighted by Gasteiger charge is 2.14. The number of benzene rings is 2. The molecule has 6 nitrogen and oxygen atoms in total. The Labute approximate surface area is 172 Å². The van der Waals surface area contributed by atoms with Gasteiger partial charge in [-0.15, -0.1) is 0 Å². The van der Waals surface area contributed by atoms with Crippen molar-refractivity contribution in [2.75, 3.05) is 5.01 Å². The summed E-state index contributed by atoms with van der Waals surface area (Å²) < 4.78 is 15.0. The summed E-state index contributed by atoms with van der Waals surface area (Å²) in [4.78, 5) is 16.7. The molecule has 0 spiro atoms. The van der Waals surface area contributed by atoms with Crippen LogP contribution >= 0.6 is 0 Å². The first-order valence-corrected chi connectivity index (χ1v) is 9.12. The highest BCUT2D eigenvalue weighted by Crippen LogP contribution is 2.21. The third-order valence-corrected chi connectivity index (χ3v) is 4.61. The lowest BCUT2D eigenvalue weighted by Crippen LogP contribution is -2.24. The molecular formula is C23H18FN5O. The van der Waals surface area contributed by atoms with Crippen molar-refractivity contribution in [1.82, 2.24) is 14.8 Å². The van der Waals surface area contributed by atoms with E-state index >= 15 is 0 Å². The Balaban J connectivity index is 1.53. The zero-order chi connectivity index (χ0) is 21.1. The maximum atomic E-state index is 13.6. The molecule has 0 bridgehead atoms. The number of pyridine rings is 1. The molecule has 0 radical (unpaired) electrons. The lowest BCUT2D eigenvalue weighted by atomic mass is 10.1. The minimum atomic E-state index is -0.393. The van der Waals surface area contributed by atoms with Crippen LogP contribution in [0.3, 0.4) is 0 Å². The van der Waals surface area contributed by atoms with Crippen LogP contribution in [0.5, 0.6) is 0 Å². The number of allylic oxidation sites excluding steroid dienone is 2. The SMILES string of the molecule is C=C(C(=O)/C=C\N(N)c1ccc2cnccc2c1)c1ccnn1-c1cccc(F)c1. The summed E-state index contributed by atoms with van der Waals surface area (Å²) >= 11 is 0. The number of fused-ring (bicyclic) bond motifs is 1. The monoisotopic (exact) mass is 399 g/mol. The quantitative estimate of drug-likeness (QED) is 0.301. The van der Waals surface area contributed by atoms with E-state index in [-0.39, 0.29) is 11.4 Å². The van der Waals surface area contributed by atoms with Gasteiger partial charge in [-0.25, -0.2) is 14.9 Å². The van der Waals surface area contributed by atoms with E-state index in [9.17, 15) is 9.18 Å². The Bertz CT molecular complexity index is 1280. The molecule has 0 unspecified atom stereocenters. The average Bonchev–Trinajstić information content (AvgIpc) is 3.26. The third-order valence-electron chi connectivity index (χ3n) is 4.61. The number of aromatic nitrogens is 3. The van der Waals surface area contributed by atoms with Gasteiger partial charge in [0.1, 0.15) is 5.82 Å². The number of hydrazine groups is 1. The van der Waals surface area contributed by atoms with Crippen LogP contribution in [0.15, 0.2) is 92.0 Å². The molecule has 0 atom stereocenters. The Hall–Kier alpha value is -4.10. The van der Waals surface area contributed by atoms with E-state index in [0.29, 0.717) is 17.1 Å². The number of hydrogen-bond donors (Lipinski definition) is 1. The fraction of sp³-hybridized carbons (Fsp3) is 0. The zero-order valence-corrected chi connectivity index (χ0v) is 15.9. The minimum Gasteiger partial charge on any atom is -0.289 e. The Morgan fingerprint density at radius 1 is 1.10 bits per heavy atom.